The van der Waals surface area contributed by atoms with Crippen LogP contribution in [0.2, 0.25) is 18.1 Å². The molecule has 1 aliphatic carbocycles. The lowest BCUT2D eigenvalue weighted by molar-refractivity contribution is -0.126. The number of ketones is 1. The summed E-state index contributed by atoms with van der Waals surface area (Å²) < 4.78 is 13.5. The van der Waals surface area contributed by atoms with Crippen molar-refractivity contribution in [2.45, 2.75) is 167 Å². The van der Waals surface area contributed by atoms with E-state index in [1.165, 1.54) is 64.2 Å². The average Bonchev–Trinajstić information content (AvgIpc) is 3.36. The molecule has 4 heteroatoms. The van der Waals surface area contributed by atoms with E-state index in [0.29, 0.717) is 5.78 Å². The third-order valence-electron chi connectivity index (χ3n) is 8.39. The minimum Gasteiger partial charge on any atom is -0.411 e. The molecule has 1 saturated carbocycles. The molecule has 1 heterocycles. The van der Waals surface area contributed by atoms with Crippen LogP contribution in [0.3, 0.4) is 0 Å². The van der Waals surface area contributed by atoms with Gasteiger partial charge in [-0.2, -0.15) is 0 Å². The van der Waals surface area contributed by atoms with Crippen LogP contribution >= 0.6 is 0 Å². The van der Waals surface area contributed by atoms with Crippen molar-refractivity contribution in [3.63, 3.8) is 0 Å². The second-order valence-corrected chi connectivity index (χ2v) is 16.9. The third-order valence-corrected chi connectivity index (χ3v) is 12.9. The summed E-state index contributed by atoms with van der Waals surface area (Å²) in [6, 6.07) is 0. The molecule has 2 rings (SSSR count). The first kappa shape index (κ1) is 28.0. The largest absolute Gasteiger partial charge is 0.411 e. The van der Waals surface area contributed by atoms with Crippen LogP contribution in [0.5, 0.6) is 0 Å². The minimum absolute atomic E-state index is 0.147. The quantitative estimate of drug-likeness (QED) is 0.179. The summed E-state index contributed by atoms with van der Waals surface area (Å²) in [5.74, 6) is 0.595. The van der Waals surface area contributed by atoms with E-state index < -0.39 is 8.32 Å². The highest BCUT2D eigenvalue weighted by atomic mass is 28.4. The van der Waals surface area contributed by atoms with Crippen LogP contribution in [0.1, 0.15) is 130 Å². The van der Waals surface area contributed by atoms with Gasteiger partial charge in [-0.1, -0.05) is 91.9 Å². The number of carbonyl (C=O) groups excluding carboxylic acids is 1. The van der Waals surface area contributed by atoms with Crippen LogP contribution in [0.25, 0.3) is 0 Å². The molecule has 32 heavy (non-hydrogen) atoms. The Kier molecular flexibility index (Phi) is 11.9. The van der Waals surface area contributed by atoms with E-state index in [2.05, 4.69) is 40.8 Å². The fourth-order valence-electron chi connectivity index (χ4n) is 5.20. The Morgan fingerprint density at radius 3 is 2.06 bits per heavy atom. The van der Waals surface area contributed by atoms with Crippen molar-refractivity contribution in [3.8, 4) is 0 Å². The lowest BCUT2D eigenvalue weighted by Gasteiger charge is -2.41. The first-order valence-electron chi connectivity index (χ1n) is 14.0. The predicted octanol–water partition coefficient (Wildman–Crippen LogP) is 8.60. The molecule has 0 aromatic heterocycles. The molecular formula is C28H54O3Si. The van der Waals surface area contributed by atoms with Gasteiger partial charge in [-0.15, -0.1) is 0 Å². The zero-order valence-corrected chi connectivity index (χ0v) is 23.3. The van der Waals surface area contributed by atoms with Crippen molar-refractivity contribution >= 4 is 14.1 Å². The van der Waals surface area contributed by atoms with E-state index in [1.54, 1.807) is 0 Å². The Hall–Kier alpha value is -0.193. The molecule has 0 aromatic carbocycles. The van der Waals surface area contributed by atoms with Crippen molar-refractivity contribution in [1.29, 1.82) is 0 Å². The maximum absolute atomic E-state index is 12.3. The Bertz CT molecular complexity index is 539. The van der Waals surface area contributed by atoms with Gasteiger partial charge in [-0.05, 0) is 50.2 Å². The molecule has 0 N–H and O–H groups in total. The zero-order valence-electron chi connectivity index (χ0n) is 22.3. The van der Waals surface area contributed by atoms with E-state index in [0.717, 1.165) is 38.5 Å². The maximum atomic E-state index is 12.3. The molecule has 1 aliphatic heterocycles. The summed E-state index contributed by atoms with van der Waals surface area (Å²) in [6.45, 7) is 14.0. The summed E-state index contributed by atoms with van der Waals surface area (Å²) in [4.78, 5) is 12.3. The number of ether oxygens (including phenoxy) is 1. The number of hydrogen-bond donors (Lipinski definition) is 0. The number of Topliss-reactive ketones (excluding diaryl/α,β-unsaturated/α-hetero) is 1. The number of carbonyl (C=O) groups is 1. The lowest BCUT2D eigenvalue weighted by atomic mass is 9.96. The molecular weight excluding hydrogens is 412 g/mol. The molecule has 3 nitrogen and oxygen atoms in total. The first-order chi connectivity index (χ1) is 15.2. The van der Waals surface area contributed by atoms with Crippen molar-refractivity contribution in [2.75, 3.05) is 0 Å². The summed E-state index contributed by atoms with van der Waals surface area (Å²) >= 11 is 0. The summed E-state index contributed by atoms with van der Waals surface area (Å²) in [6.07, 6.45) is 20.2. The molecule has 0 spiro atoms. The highest BCUT2D eigenvalue weighted by Crippen LogP contribution is 2.41. The van der Waals surface area contributed by atoms with Gasteiger partial charge in [0, 0.05) is 12.3 Å². The summed E-state index contributed by atoms with van der Waals surface area (Å²) in [7, 11) is -1.85. The normalized spacial score (nSPS) is 25.6. The van der Waals surface area contributed by atoms with Crippen LogP contribution in [0.15, 0.2) is 0 Å². The average molecular weight is 467 g/mol. The molecule has 0 radical (unpaired) electrons. The smallest absolute Gasteiger partial charge is 0.192 e. The topological polar surface area (TPSA) is 35.5 Å². The lowest BCUT2D eigenvalue weighted by Crippen LogP contribution is -2.47. The van der Waals surface area contributed by atoms with Gasteiger partial charge in [-0.25, -0.2) is 0 Å². The van der Waals surface area contributed by atoms with Gasteiger partial charge < -0.3 is 9.16 Å². The van der Waals surface area contributed by atoms with E-state index in [4.69, 9.17) is 9.16 Å². The molecule has 2 aliphatic rings. The monoisotopic (exact) mass is 466 g/mol. The van der Waals surface area contributed by atoms with Gasteiger partial charge in [0.25, 0.3) is 0 Å². The molecule has 0 amide bonds. The predicted molar refractivity (Wildman–Crippen MR) is 139 cm³/mol. The molecule has 4 atom stereocenters. The molecule has 0 aromatic rings. The number of rotatable bonds is 15. The Morgan fingerprint density at radius 2 is 1.53 bits per heavy atom. The summed E-state index contributed by atoms with van der Waals surface area (Å²) in [5, 5.41) is 0.211. The van der Waals surface area contributed by atoms with Crippen molar-refractivity contribution in [3.05, 3.63) is 0 Å². The number of hydrogen-bond acceptors (Lipinski definition) is 3. The zero-order chi connectivity index (χ0) is 23.6. The highest BCUT2D eigenvalue weighted by Gasteiger charge is 2.44. The second-order valence-electron chi connectivity index (χ2n) is 12.1. The van der Waals surface area contributed by atoms with Gasteiger partial charge in [0.05, 0.1) is 18.3 Å². The SMILES string of the molecule is CCCCCCCCCCCC[C@@H](O[Si](C)(C)C(C)(C)C)[C@H]1CCC(C2CCCC2=O)O1. The van der Waals surface area contributed by atoms with E-state index in [9.17, 15) is 4.79 Å². The second kappa shape index (κ2) is 13.6. The van der Waals surface area contributed by atoms with Crippen LogP contribution in [0, 0.1) is 5.92 Å². The van der Waals surface area contributed by atoms with Crippen LogP contribution in [0.4, 0.5) is 0 Å². The molecule has 188 valence electrons. The van der Waals surface area contributed by atoms with E-state index in [-0.39, 0.29) is 29.3 Å². The van der Waals surface area contributed by atoms with Crippen molar-refractivity contribution in [1.82, 2.24) is 0 Å². The molecule has 1 saturated heterocycles. The fraction of sp³-hybridized carbons (Fsp3) is 0.964. The van der Waals surface area contributed by atoms with Gasteiger partial charge >= 0.3 is 0 Å². The molecule has 2 unspecified atom stereocenters. The number of unbranched alkanes of at least 4 members (excludes halogenated alkanes) is 9. The van der Waals surface area contributed by atoms with Gasteiger partial charge in [0.15, 0.2) is 8.32 Å². The van der Waals surface area contributed by atoms with Crippen LogP contribution in [-0.2, 0) is 14.0 Å². The van der Waals surface area contributed by atoms with Crippen LogP contribution in [-0.4, -0.2) is 32.4 Å². The van der Waals surface area contributed by atoms with Crippen molar-refractivity contribution < 1.29 is 14.0 Å². The van der Waals surface area contributed by atoms with Gasteiger partial charge in [0.1, 0.15) is 5.78 Å². The van der Waals surface area contributed by atoms with Gasteiger partial charge in [0.2, 0.25) is 0 Å². The maximum Gasteiger partial charge on any atom is 0.192 e. The minimum atomic E-state index is -1.85. The molecule has 0 bridgehead atoms. The Labute approximate surface area is 200 Å². The van der Waals surface area contributed by atoms with E-state index >= 15 is 0 Å². The van der Waals surface area contributed by atoms with Crippen molar-refractivity contribution in [2.24, 2.45) is 5.92 Å². The standard InChI is InChI=1S/C28H54O3Si/c1-7-8-9-10-11-12-13-14-15-16-20-27(31-32(5,6)28(2,3)4)26-22-21-25(30-26)23-18-17-19-24(23)29/h23,25-27H,7-22H2,1-6H3/t23?,25?,26-,27-/m1/s1. The van der Waals surface area contributed by atoms with Gasteiger partial charge in [-0.3, -0.25) is 4.79 Å². The van der Waals surface area contributed by atoms with Crippen LogP contribution < -0.4 is 0 Å². The van der Waals surface area contributed by atoms with E-state index in [1.807, 2.05) is 0 Å². The Balaban J connectivity index is 1.80. The third kappa shape index (κ3) is 8.87. The fourth-order valence-corrected chi connectivity index (χ4v) is 6.58. The first-order valence-corrected chi connectivity index (χ1v) is 16.9. The molecule has 2 fully saturated rings. The Morgan fingerprint density at radius 1 is 0.938 bits per heavy atom. The highest BCUT2D eigenvalue weighted by molar-refractivity contribution is 6.74. The summed E-state index contributed by atoms with van der Waals surface area (Å²) in [5.41, 5.74) is 0.